The number of hydrogen-bond donors (Lipinski definition) is 0. The van der Waals surface area contributed by atoms with Crippen LogP contribution in [0.25, 0.3) is 0 Å². The van der Waals surface area contributed by atoms with Crippen LogP contribution in [0.15, 0.2) is 16.8 Å². The van der Waals surface area contributed by atoms with Crippen molar-refractivity contribution in [3.05, 3.63) is 11.8 Å². The lowest BCUT2D eigenvalue weighted by Crippen LogP contribution is -2.33. The molecule has 0 bridgehead atoms. The second-order valence-corrected chi connectivity index (χ2v) is 6.32. The van der Waals surface area contributed by atoms with Gasteiger partial charge in [0.1, 0.15) is 0 Å². The van der Waals surface area contributed by atoms with Crippen LogP contribution in [-0.2, 0) is 0 Å². The first-order chi connectivity index (χ1) is 9.40. The maximum atomic E-state index is 8.03. The minimum absolute atomic E-state index is 0.328. The third-order valence-electron chi connectivity index (χ3n) is 3.54. The molecule has 0 heterocycles. The third-order valence-corrected chi connectivity index (χ3v) is 5.22. The normalized spacial score (nSPS) is 16.9. The minimum atomic E-state index is -2.12. The highest BCUT2D eigenvalue weighted by atomic mass is 35.6. The Morgan fingerprint density at radius 2 is 1.89 bits per heavy atom. The average molecular weight is 302 g/mol. The van der Waals surface area contributed by atoms with Crippen molar-refractivity contribution in [3.8, 4) is 0 Å². The molecular weight excluding hydrogens is 271 g/mol. The Balaban J connectivity index is 5.37. The molecule has 4 heteroatoms. The smallest absolute Gasteiger partial charge is 0.454 e. The molecule has 0 aromatic carbocycles. The van der Waals surface area contributed by atoms with Gasteiger partial charge in [-0.1, -0.05) is 27.7 Å². The number of nitrogens with zero attached hydrogens (tertiary/aromatic N) is 2. The van der Waals surface area contributed by atoms with E-state index in [4.69, 9.17) is 16.0 Å². The molecule has 0 saturated carbocycles. The minimum Gasteiger partial charge on any atom is -0.454 e. The molecule has 0 N–H and O–H groups in total. The summed E-state index contributed by atoms with van der Waals surface area (Å²) in [5.74, 6) is 0. The highest BCUT2D eigenvalue weighted by Gasteiger charge is 2.15. The van der Waals surface area contributed by atoms with Gasteiger partial charge in [0, 0.05) is 17.8 Å². The van der Waals surface area contributed by atoms with Gasteiger partial charge in [0.25, 0.3) is 0 Å². The largest absolute Gasteiger partial charge is 0.520 e. The molecule has 2 unspecified atom stereocenters. The van der Waals surface area contributed by atoms with Gasteiger partial charge in [-0.2, -0.15) is 0 Å². The van der Waals surface area contributed by atoms with Crippen molar-refractivity contribution in [1.82, 2.24) is 3.88 Å². The molecule has 0 aliphatic heterocycles. The van der Waals surface area contributed by atoms with Gasteiger partial charge >= 0.3 is 14.4 Å². The van der Waals surface area contributed by atoms with Gasteiger partial charge in [-0.25, -0.2) is 10.0 Å². The Morgan fingerprint density at radius 1 is 1.26 bits per heavy atom. The van der Waals surface area contributed by atoms with E-state index in [1.807, 2.05) is 0 Å². The molecule has 0 spiro atoms. The zero-order valence-electron chi connectivity index (χ0n) is 14.4. The number of halogens is 1. The van der Waals surface area contributed by atoms with Gasteiger partial charge in [-0.15, -0.1) is 0 Å². The maximum absolute atomic E-state index is 8.03. The summed E-state index contributed by atoms with van der Waals surface area (Å²) < 4.78 is 10.2. The summed E-state index contributed by atoms with van der Waals surface area (Å²) in [4.78, 5) is 4.75. The molecule has 0 radical (unpaired) electrons. The maximum Gasteiger partial charge on any atom is 0.520 e. The highest BCUT2D eigenvalue weighted by Crippen LogP contribution is 2.16. The molecule has 0 aliphatic carbocycles. The zero-order chi connectivity index (χ0) is 15.7. The van der Waals surface area contributed by atoms with E-state index in [9.17, 15) is 0 Å². The van der Waals surface area contributed by atoms with E-state index in [-0.39, 0.29) is 0 Å². The highest BCUT2D eigenvalue weighted by molar-refractivity contribution is 6.92. The Morgan fingerprint density at radius 3 is 2.26 bits per heavy atom. The number of aliphatic imine (C=N–C) groups is 1. The summed E-state index contributed by atoms with van der Waals surface area (Å²) in [6.45, 7) is 12.9. The van der Waals surface area contributed by atoms with Crippen LogP contribution in [0.5, 0.6) is 0 Å². The van der Waals surface area contributed by atoms with Crippen molar-refractivity contribution in [1.29, 1.82) is 0.939 Å². The fourth-order valence-electron chi connectivity index (χ4n) is 1.80. The molecule has 19 heavy (non-hydrogen) atoms. The second-order valence-electron chi connectivity index (χ2n) is 4.98. The van der Waals surface area contributed by atoms with E-state index in [1.54, 1.807) is 0 Å². The molecule has 0 saturated heterocycles. The van der Waals surface area contributed by atoms with Gasteiger partial charge in [0.2, 0.25) is 0 Å². The van der Waals surface area contributed by atoms with E-state index in [0.717, 1.165) is 31.4 Å². The van der Waals surface area contributed by atoms with Crippen LogP contribution < -0.4 is 0 Å². The van der Waals surface area contributed by atoms with E-state index in [2.05, 4.69) is 51.5 Å². The molecule has 2 atom stereocenters. The summed E-state index contributed by atoms with van der Waals surface area (Å²) in [7, 11) is 6.20. The quantitative estimate of drug-likeness (QED) is 0.451. The molecular formula is C15H30AlClN2. The van der Waals surface area contributed by atoms with Crippen LogP contribution in [0.4, 0.5) is 0 Å². The Kier molecular flexibility index (Phi) is 9.69. The van der Waals surface area contributed by atoms with Crippen molar-refractivity contribution in [2.45, 2.75) is 79.3 Å². The lowest BCUT2D eigenvalue weighted by Gasteiger charge is -2.31. The van der Waals surface area contributed by atoms with E-state index in [0.29, 0.717) is 12.1 Å². The first kappa shape index (κ1) is 17.1. The van der Waals surface area contributed by atoms with Crippen LogP contribution in [-0.4, -0.2) is 37.0 Å². The third kappa shape index (κ3) is 6.84. The van der Waals surface area contributed by atoms with Gasteiger partial charge in [0.05, 0.1) is 0 Å². The topological polar surface area (TPSA) is 15.6 Å². The second kappa shape index (κ2) is 10.8. The van der Waals surface area contributed by atoms with Crippen molar-refractivity contribution < 1.29 is 0 Å². The molecule has 0 aromatic heterocycles. The van der Waals surface area contributed by atoms with Gasteiger partial charge < -0.3 is 3.88 Å². The van der Waals surface area contributed by atoms with Crippen molar-refractivity contribution in [2.24, 2.45) is 4.99 Å². The van der Waals surface area contributed by atoms with Crippen LogP contribution in [0.2, 0.25) is 0 Å². The Hall–Kier alpha value is 0.0325. The summed E-state index contributed by atoms with van der Waals surface area (Å²) in [6, 6.07) is 0.686. The first-order valence-corrected chi connectivity index (χ1v) is 9.79. The fourth-order valence-corrected chi connectivity index (χ4v) is 3.53. The molecule has 2 nitrogen and oxygen atoms in total. The number of hydrogen-bond acceptors (Lipinski definition) is 2. The zero-order valence-corrected chi connectivity index (χ0v) is 15.3. The van der Waals surface area contributed by atoms with Crippen molar-refractivity contribution in [2.75, 3.05) is 0 Å². The lowest BCUT2D eigenvalue weighted by atomic mass is 10.1. The van der Waals surface area contributed by atoms with Crippen molar-refractivity contribution in [3.63, 3.8) is 0 Å². The Bertz CT molecular complexity index is 332. The summed E-state index contributed by atoms with van der Waals surface area (Å²) in [5.41, 5.74) is 2.29. The van der Waals surface area contributed by atoms with E-state index < -0.39 is 14.4 Å². The lowest BCUT2D eigenvalue weighted by molar-refractivity contribution is 0.405. The van der Waals surface area contributed by atoms with Crippen LogP contribution in [0.3, 0.4) is 0 Å². The van der Waals surface area contributed by atoms with Gasteiger partial charge in [-0.3, -0.25) is 4.99 Å². The number of rotatable bonds is 9. The standard InChI is InChI=1S/C15H29N2.Al.ClH.H/c1-7-12(5)16-14(9-3)11-15(10-4)17-13(6)8-2;;;/h11-13H,7-10H2,1-6H3;;1H;/q-1;+2;;/p-1/b14-11-,17-15?;;;/i;;;1+1. The fraction of sp³-hybridized carbons (Fsp3) is 0.800. The predicted molar refractivity (Wildman–Crippen MR) is 90.4 cm³/mol. The molecule has 0 aliphatic rings. The first-order valence-electron chi connectivity index (χ1n) is 8.10. The molecule has 0 fully saturated rings. The van der Waals surface area contributed by atoms with Crippen LogP contribution in [0, 0.1) is 0 Å². The molecule has 0 rings (SSSR count). The molecule has 110 valence electrons. The monoisotopic (exact) mass is 301 g/mol. The van der Waals surface area contributed by atoms with Gasteiger partial charge in [0.15, 0.2) is 0 Å². The summed E-state index contributed by atoms with van der Waals surface area (Å²) in [5, 5.41) is 0. The van der Waals surface area contributed by atoms with Crippen LogP contribution in [0.1, 0.15) is 67.2 Å². The van der Waals surface area contributed by atoms with E-state index >= 15 is 0 Å². The number of allylic oxidation sites excluding steroid dienone is 2. The van der Waals surface area contributed by atoms with Crippen molar-refractivity contribution >= 4 is 30.1 Å². The van der Waals surface area contributed by atoms with Gasteiger partial charge in [-0.05, 0) is 52.2 Å². The predicted octanol–water partition coefficient (Wildman–Crippen LogP) is 4.54. The average Bonchev–Trinajstić information content (AvgIpc) is 2.44. The Labute approximate surface area is 131 Å². The van der Waals surface area contributed by atoms with E-state index in [1.165, 1.54) is 5.70 Å². The summed E-state index contributed by atoms with van der Waals surface area (Å²) >= 11 is -2.12. The summed E-state index contributed by atoms with van der Waals surface area (Å²) in [6.07, 6.45) is 6.05. The SMILES string of the molecule is [2H][Al]([Cl])[N](/C(=C\C(CC)=NC(C)CC)CC)C(C)CC. The molecule has 0 amide bonds. The van der Waals surface area contributed by atoms with Crippen LogP contribution >= 0.6 is 10.0 Å². The molecule has 0 aromatic rings.